The summed E-state index contributed by atoms with van der Waals surface area (Å²) in [6.45, 7) is 13.1. The molecule has 1 atom stereocenters. The Hall–Kier alpha value is -6.26. The van der Waals surface area contributed by atoms with E-state index in [4.69, 9.17) is 14.4 Å². The summed E-state index contributed by atoms with van der Waals surface area (Å²) in [5.41, 5.74) is 13.0. The number of aromatic nitrogens is 2. The molecule has 0 aliphatic carbocycles. The zero-order valence-corrected chi connectivity index (χ0v) is 32.3. The molecule has 0 spiro atoms. The predicted molar refractivity (Wildman–Crippen MR) is 226 cm³/mol. The van der Waals surface area contributed by atoms with Crippen molar-refractivity contribution in [3.8, 4) is 50.7 Å². The molecule has 0 bridgehead atoms. The second kappa shape index (κ2) is 14.2. The molecule has 0 saturated heterocycles. The molecule has 0 aliphatic rings. The van der Waals surface area contributed by atoms with Gasteiger partial charge in [-0.3, -0.25) is 4.98 Å². The third-order valence-corrected chi connectivity index (χ3v) is 11.0. The van der Waals surface area contributed by atoms with Crippen LogP contribution >= 0.6 is 0 Å². The number of phenols is 1. The third-order valence-electron chi connectivity index (χ3n) is 11.0. The Morgan fingerprint density at radius 2 is 1.24 bits per heavy atom. The lowest BCUT2D eigenvalue weighted by Gasteiger charge is -2.27. The molecule has 2 heterocycles. The van der Waals surface area contributed by atoms with Gasteiger partial charge in [-0.15, -0.1) is 0 Å². The molecule has 8 aromatic rings. The Morgan fingerprint density at radius 1 is 0.564 bits per heavy atom. The summed E-state index contributed by atoms with van der Waals surface area (Å²) in [4.78, 5) is 10.1. The number of oxazole rings is 1. The van der Waals surface area contributed by atoms with Crippen LogP contribution in [-0.2, 0) is 10.8 Å². The Morgan fingerprint density at radius 3 is 1.95 bits per heavy atom. The number of pyridine rings is 1. The standard InChI is InChI=1S/C51H46N2O2/c1-33(34-17-10-7-11-18-34)37-30-43(48(54)44(31-37)50(2,3)4)49-53-47-42(23-16-24-46(47)55-49)38-27-39(29-41(28-38)51(5,6)40-21-14-9-15-22-40)45-32-36(25-26-52-45)35-19-12-8-13-20-35/h7-33,54H,1-6H3. The first-order valence-corrected chi connectivity index (χ1v) is 19.0. The average molecular weight is 719 g/mol. The molecule has 4 heteroatoms. The lowest BCUT2D eigenvalue weighted by atomic mass is 9.76. The molecule has 8 rings (SSSR count). The highest BCUT2D eigenvalue weighted by molar-refractivity contribution is 5.94. The van der Waals surface area contributed by atoms with Gasteiger partial charge in [0.25, 0.3) is 0 Å². The number of phenolic OH excluding ortho intramolecular Hbond substituents is 1. The van der Waals surface area contributed by atoms with E-state index in [1.54, 1.807) is 0 Å². The molecule has 6 aromatic carbocycles. The lowest BCUT2D eigenvalue weighted by molar-refractivity contribution is 0.445. The molecule has 0 amide bonds. The molecule has 0 saturated carbocycles. The van der Waals surface area contributed by atoms with Crippen LogP contribution in [0.5, 0.6) is 5.75 Å². The maximum absolute atomic E-state index is 11.9. The molecule has 1 unspecified atom stereocenters. The van der Waals surface area contributed by atoms with E-state index in [2.05, 4.69) is 163 Å². The van der Waals surface area contributed by atoms with Gasteiger partial charge in [-0.05, 0) is 80.8 Å². The van der Waals surface area contributed by atoms with E-state index in [0.717, 1.165) is 55.7 Å². The van der Waals surface area contributed by atoms with Crippen molar-refractivity contribution in [2.24, 2.45) is 0 Å². The summed E-state index contributed by atoms with van der Waals surface area (Å²) in [5, 5.41) is 11.9. The van der Waals surface area contributed by atoms with Gasteiger partial charge in [0.2, 0.25) is 5.89 Å². The van der Waals surface area contributed by atoms with Crippen molar-refractivity contribution in [1.82, 2.24) is 9.97 Å². The van der Waals surface area contributed by atoms with E-state index in [1.165, 1.54) is 11.1 Å². The fourth-order valence-corrected chi connectivity index (χ4v) is 7.58. The lowest BCUT2D eigenvalue weighted by Crippen LogP contribution is -2.19. The quantitative estimate of drug-likeness (QED) is 0.170. The van der Waals surface area contributed by atoms with Gasteiger partial charge in [-0.2, -0.15) is 0 Å². The van der Waals surface area contributed by atoms with Crippen molar-refractivity contribution in [3.63, 3.8) is 0 Å². The second-order valence-corrected chi connectivity index (χ2v) is 16.1. The van der Waals surface area contributed by atoms with Crippen molar-refractivity contribution in [2.45, 2.75) is 58.3 Å². The first kappa shape index (κ1) is 35.8. The normalized spacial score (nSPS) is 12.5. The maximum Gasteiger partial charge on any atom is 0.231 e. The van der Waals surface area contributed by atoms with Crippen LogP contribution in [0.3, 0.4) is 0 Å². The van der Waals surface area contributed by atoms with Crippen molar-refractivity contribution >= 4 is 11.1 Å². The second-order valence-electron chi connectivity index (χ2n) is 16.1. The number of benzene rings is 6. The van der Waals surface area contributed by atoms with Gasteiger partial charge in [0.15, 0.2) is 5.58 Å². The predicted octanol–water partition coefficient (Wildman–Crippen LogP) is 13.4. The van der Waals surface area contributed by atoms with Crippen LogP contribution in [0.1, 0.15) is 75.3 Å². The van der Waals surface area contributed by atoms with Crippen molar-refractivity contribution < 1.29 is 9.52 Å². The minimum Gasteiger partial charge on any atom is -0.507 e. The summed E-state index contributed by atoms with van der Waals surface area (Å²) in [6, 6.07) is 52.8. The van der Waals surface area contributed by atoms with Gasteiger partial charge in [-0.25, -0.2) is 4.98 Å². The fourth-order valence-electron chi connectivity index (χ4n) is 7.58. The molecule has 0 fully saturated rings. The highest BCUT2D eigenvalue weighted by atomic mass is 16.3. The van der Waals surface area contributed by atoms with E-state index in [-0.39, 0.29) is 22.5 Å². The van der Waals surface area contributed by atoms with Crippen LogP contribution in [0.4, 0.5) is 0 Å². The zero-order chi connectivity index (χ0) is 38.3. The molecule has 0 radical (unpaired) electrons. The van der Waals surface area contributed by atoms with Crippen molar-refractivity contribution in [1.29, 1.82) is 0 Å². The molecular weight excluding hydrogens is 673 g/mol. The molecule has 4 nitrogen and oxygen atoms in total. The Bertz CT molecular complexity index is 2620. The van der Waals surface area contributed by atoms with Crippen LogP contribution in [0, 0.1) is 0 Å². The van der Waals surface area contributed by atoms with Crippen LogP contribution in [-0.4, -0.2) is 15.1 Å². The highest BCUT2D eigenvalue weighted by Gasteiger charge is 2.28. The fraction of sp³-hybridized carbons (Fsp3) is 0.176. The van der Waals surface area contributed by atoms with Crippen LogP contribution in [0.15, 0.2) is 162 Å². The van der Waals surface area contributed by atoms with Gasteiger partial charge in [0.05, 0.1) is 11.3 Å². The number of aromatic hydroxyl groups is 1. The molecule has 55 heavy (non-hydrogen) atoms. The van der Waals surface area contributed by atoms with Gasteiger partial charge in [-0.1, -0.05) is 157 Å². The molecular formula is C51H46N2O2. The largest absolute Gasteiger partial charge is 0.507 e. The van der Waals surface area contributed by atoms with Gasteiger partial charge >= 0.3 is 0 Å². The Balaban J connectivity index is 1.30. The van der Waals surface area contributed by atoms with Crippen LogP contribution in [0.2, 0.25) is 0 Å². The SMILES string of the molecule is CC(c1ccccc1)c1cc(-c2nc3c(-c4cc(-c5cc(-c6ccccc6)ccn5)cc(C(C)(C)c5ccccc5)c4)cccc3o2)c(O)c(C(C)(C)C)c1. The summed E-state index contributed by atoms with van der Waals surface area (Å²) >= 11 is 0. The van der Waals surface area contributed by atoms with E-state index in [0.29, 0.717) is 17.0 Å². The molecule has 0 aliphatic heterocycles. The summed E-state index contributed by atoms with van der Waals surface area (Å²) in [5.74, 6) is 0.693. The number of para-hydroxylation sites is 1. The Kier molecular flexibility index (Phi) is 9.22. The van der Waals surface area contributed by atoms with E-state index in [9.17, 15) is 5.11 Å². The van der Waals surface area contributed by atoms with Crippen molar-refractivity contribution in [3.05, 3.63) is 186 Å². The average Bonchev–Trinajstić information content (AvgIpc) is 3.66. The van der Waals surface area contributed by atoms with Gasteiger partial charge in [0.1, 0.15) is 11.3 Å². The highest BCUT2D eigenvalue weighted by Crippen LogP contribution is 2.44. The first-order chi connectivity index (χ1) is 26.5. The Labute approximate surface area is 324 Å². The number of rotatable bonds is 8. The number of hydrogen-bond acceptors (Lipinski definition) is 4. The van der Waals surface area contributed by atoms with Crippen LogP contribution in [0.25, 0.3) is 56.1 Å². The number of fused-ring (bicyclic) bond motifs is 1. The summed E-state index contributed by atoms with van der Waals surface area (Å²) in [6.07, 6.45) is 1.89. The summed E-state index contributed by atoms with van der Waals surface area (Å²) < 4.78 is 6.57. The maximum atomic E-state index is 11.9. The minimum atomic E-state index is -0.309. The third kappa shape index (κ3) is 6.97. The zero-order valence-electron chi connectivity index (χ0n) is 32.3. The smallest absolute Gasteiger partial charge is 0.231 e. The molecule has 2 aromatic heterocycles. The van der Waals surface area contributed by atoms with Crippen molar-refractivity contribution in [2.75, 3.05) is 0 Å². The topological polar surface area (TPSA) is 59.2 Å². The van der Waals surface area contributed by atoms with E-state index >= 15 is 0 Å². The minimum absolute atomic E-state index is 0.102. The summed E-state index contributed by atoms with van der Waals surface area (Å²) in [7, 11) is 0. The van der Waals surface area contributed by atoms with Gasteiger partial charge < -0.3 is 9.52 Å². The molecule has 272 valence electrons. The monoisotopic (exact) mass is 718 g/mol. The number of hydrogen-bond donors (Lipinski definition) is 1. The number of nitrogens with zero attached hydrogens (tertiary/aromatic N) is 2. The van der Waals surface area contributed by atoms with Crippen LogP contribution < -0.4 is 0 Å². The molecule has 1 N–H and O–H groups in total. The van der Waals surface area contributed by atoms with Gasteiger partial charge in [0, 0.05) is 34.2 Å². The first-order valence-electron chi connectivity index (χ1n) is 19.0. The van der Waals surface area contributed by atoms with E-state index in [1.807, 2.05) is 36.5 Å². The van der Waals surface area contributed by atoms with E-state index < -0.39 is 0 Å².